The van der Waals surface area contributed by atoms with Crippen LogP contribution in [0.15, 0.2) is 170 Å². The lowest BCUT2D eigenvalue weighted by atomic mass is 9.85. The lowest BCUT2D eigenvalue weighted by Crippen LogP contribution is -2.13. The highest BCUT2D eigenvalue weighted by Gasteiger charge is 2.26. The Balaban J connectivity index is 1.39. The molecule has 0 heterocycles. The fraction of sp³-hybridized carbons (Fsp3) is 0.100. The summed E-state index contributed by atoms with van der Waals surface area (Å²) in [7, 11) is 0. The van der Waals surface area contributed by atoms with Gasteiger partial charge >= 0.3 is 0 Å². The molecule has 0 saturated carbocycles. The maximum absolute atomic E-state index is 9.84. The number of hydrogen-bond donors (Lipinski definition) is 0. The molecule has 0 aromatic heterocycles. The van der Waals surface area contributed by atoms with Gasteiger partial charge < -0.3 is 9.80 Å². The van der Waals surface area contributed by atoms with Gasteiger partial charge in [0, 0.05) is 44.3 Å². The minimum absolute atomic E-state index is 0.623. The first-order chi connectivity index (χ1) is 31.1. The Hall–Kier alpha value is -8.18. The van der Waals surface area contributed by atoms with E-state index in [-0.39, 0.29) is 0 Å². The van der Waals surface area contributed by atoms with Crippen LogP contribution in [-0.2, 0) is 0 Å². The van der Waals surface area contributed by atoms with Crippen LogP contribution in [-0.4, -0.2) is 0 Å². The van der Waals surface area contributed by atoms with Crippen molar-refractivity contribution < 1.29 is 0 Å². The number of nitrogens with zero attached hydrogens (tertiary/aromatic N) is 4. The number of hydrogen-bond acceptors (Lipinski definition) is 4. The molecule has 4 heteroatoms. The van der Waals surface area contributed by atoms with Crippen molar-refractivity contribution in [1.29, 1.82) is 10.5 Å². The predicted octanol–water partition coefficient (Wildman–Crippen LogP) is 16.5. The Bertz CT molecular complexity index is 3290. The Kier molecular flexibility index (Phi) is 9.94. The van der Waals surface area contributed by atoms with Crippen molar-refractivity contribution in [3.63, 3.8) is 0 Å². The molecule has 0 aliphatic heterocycles. The Labute approximate surface area is 375 Å². The van der Waals surface area contributed by atoms with Crippen LogP contribution >= 0.6 is 0 Å². The molecule has 10 aromatic rings. The van der Waals surface area contributed by atoms with Crippen molar-refractivity contribution in [1.82, 2.24) is 0 Å². The summed E-state index contributed by atoms with van der Waals surface area (Å²) in [4.78, 5) is 4.82. The van der Waals surface area contributed by atoms with Crippen molar-refractivity contribution in [2.24, 2.45) is 0 Å². The molecule has 0 spiro atoms. The van der Waals surface area contributed by atoms with Gasteiger partial charge in [0.05, 0.1) is 34.6 Å². The van der Waals surface area contributed by atoms with Gasteiger partial charge in [0.25, 0.3) is 0 Å². The Morgan fingerprint density at radius 1 is 0.344 bits per heavy atom. The molecule has 0 amide bonds. The van der Waals surface area contributed by atoms with Crippen molar-refractivity contribution in [3.05, 3.63) is 214 Å². The van der Waals surface area contributed by atoms with Crippen LogP contribution in [0, 0.1) is 64.2 Å². The average molecular weight is 823 g/mol. The fourth-order valence-corrected chi connectivity index (χ4v) is 9.37. The van der Waals surface area contributed by atoms with Crippen LogP contribution in [0.3, 0.4) is 0 Å². The van der Waals surface area contributed by atoms with E-state index in [4.69, 9.17) is 0 Å². The molecule has 0 atom stereocenters. The van der Waals surface area contributed by atoms with Crippen molar-refractivity contribution in [3.8, 4) is 34.4 Å². The second-order valence-electron chi connectivity index (χ2n) is 17.2. The van der Waals surface area contributed by atoms with Crippen molar-refractivity contribution in [2.75, 3.05) is 9.80 Å². The molecule has 0 aliphatic carbocycles. The number of benzene rings is 10. The zero-order chi connectivity index (χ0) is 44.2. The van der Waals surface area contributed by atoms with Gasteiger partial charge in [0.2, 0.25) is 0 Å². The molecular weight excluding hydrogens is 777 g/mol. The molecule has 306 valence electrons. The van der Waals surface area contributed by atoms with Crippen LogP contribution < -0.4 is 9.80 Å². The second-order valence-corrected chi connectivity index (χ2v) is 17.2. The van der Waals surface area contributed by atoms with Gasteiger partial charge in [-0.3, -0.25) is 0 Å². The lowest BCUT2D eigenvalue weighted by molar-refractivity contribution is 1.25. The van der Waals surface area contributed by atoms with Gasteiger partial charge in [0.15, 0.2) is 0 Å². The highest BCUT2D eigenvalue weighted by molar-refractivity contribution is 6.32. The van der Waals surface area contributed by atoms with Gasteiger partial charge in [-0.15, -0.1) is 0 Å². The van der Waals surface area contributed by atoms with Gasteiger partial charge in [-0.1, -0.05) is 84.9 Å². The van der Waals surface area contributed by atoms with Crippen LogP contribution in [0.4, 0.5) is 34.1 Å². The smallest absolute Gasteiger partial charge is 0.0991 e. The van der Waals surface area contributed by atoms with E-state index in [9.17, 15) is 10.5 Å². The van der Waals surface area contributed by atoms with E-state index in [2.05, 4.69) is 209 Å². The number of anilines is 6. The summed E-state index contributed by atoms with van der Waals surface area (Å²) < 4.78 is 0. The molecule has 64 heavy (non-hydrogen) atoms. The molecule has 0 bridgehead atoms. The minimum atomic E-state index is 0.623. The molecule has 0 saturated heterocycles. The van der Waals surface area contributed by atoms with Crippen molar-refractivity contribution >= 4 is 66.4 Å². The lowest BCUT2D eigenvalue weighted by Gasteiger charge is -2.31. The maximum atomic E-state index is 9.84. The van der Waals surface area contributed by atoms with Crippen LogP contribution in [0.5, 0.6) is 0 Å². The van der Waals surface area contributed by atoms with E-state index in [0.717, 1.165) is 88.7 Å². The zero-order valence-corrected chi connectivity index (χ0v) is 37.0. The molecule has 0 fully saturated rings. The van der Waals surface area contributed by atoms with Crippen LogP contribution in [0.25, 0.3) is 54.6 Å². The largest absolute Gasteiger partial charge is 0.310 e. The predicted molar refractivity (Wildman–Crippen MR) is 268 cm³/mol. The van der Waals surface area contributed by atoms with Gasteiger partial charge in [-0.05, 0) is 193 Å². The topological polar surface area (TPSA) is 54.1 Å². The van der Waals surface area contributed by atoms with E-state index in [1.54, 1.807) is 0 Å². The summed E-state index contributed by atoms with van der Waals surface area (Å²) in [6.45, 7) is 13.0. The SMILES string of the molecule is Cc1cccc(N(c2ccc(C)c(C)c2)c2cc(-c3ccc(C#N)cc3)c3ccc4c(N(c5cccc(C)c5)c5ccc(C)c(C)c5)cc(-c5ccc(C#N)cc5)c5ccc2c3c54)c1. The molecule has 0 radical (unpaired) electrons. The monoisotopic (exact) mass is 822 g/mol. The maximum Gasteiger partial charge on any atom is 0.0991 e. The van der Waals surface area contributed by atoms with E-state index < -0.39 is 0 Å². The summed E-state index contributed by atoms with van der Waals surface area (Å²) >= 11 is 0. The second kappa shape index (κ2) is 15.9. The Morgan fingerprint density at radius 3 is 1.08 bits per heavy atom. The van der Waals surface area contributed by atoms with E-state index in [1.165, 1.54) is 33.4 Å². The standard InChI is InChI=1S/C60H46N4/c1-37-9-7-11-47(29-37)63(49-23-13-39(3)41(5)31-49)57-33-55(45-19-15-43(35-61)16-20-45)51-26-28-54-58(64(48-12-8-10-38(2)30-48)50-24-14-40(4)42(6)32-50)34-56(46-21-17-44(36-62)18-22-46)52-25-27-53(57)59(51)60(52)54/h7-34H,1-6H3. The molecule has 10 rings (SSSR count). The quantitative estimate of drug-likeness (QED) is 0.143. The highest BCUT2D eigenvalue weighted by Crippen LogP contribution is 2.52. The first kappa shape index (κ1) is 39.9. The van der Waals surface area contributed by atoms with Gasteiger partial charge in [-0.25, -0.2) is 0 Å². The third-order valence-corrected chi connectivity index (χ3v) is 13.0. The molecule has 0 N–H and O–H groups in total. The van der Waals surface area contributed by atoms with Crippen LogP contribution in [0.1, 0.15) is 44.5 Å². The number of rotatable bonds is 8. The molecule has 4 nitrogen and oxygen atoms in total. The summed E-state index contributed by atoms with van der Waals surface area (Å²) in [6.07, 6.45) is 0. The average Bonchev–Trinajstić information content (AvgIpc) is 3.31. The molecule has 0 unspecified atom stereocenters. The van der Waals surface area contributed by atoms with E-state index >= 15 is 0 Å². The number of aryl methyl sites for hydroxylation is 6. The summed E-state index contributed by atoms with van der Waals surface area (Å²) in [5.74, 6) is 0. The van der Waals surface area contributed by atoms with Crippen LogP contribution in [0.2, 0.25) is 0 Å². The van der Waals surface area contributed by atoms with E-state index in [0.29, 0.717) is 11.1 Å². The Morgan fingerprint density at radius 2 is 0.719 bits per heavy atom. The van der Waals surface area contributed by atoms with Gasteiger partial charge in [-0.2, -0.15) is 10.5 Å². The molecular formula is C60H46N4. The normalized spacial score (nSPS) is 11.2. The van der Waals surface area contributed by atoms with Gasteiger partial charge in [0.1, 0.15) is 0 Å². The van der Waals surface area contributed by atoms with Crippen molar-refractivity contribution in [2.45, 2.75) is 41.5 Å². The zero-order valence-electron chi connectivity index (χ0n) is 37.0. The first-order valence-corrected chi connectivity index (χ1v) is 21.8. The number of nitriles is 2. The highest BCUT2D eigenvalue weighted by atomic mass is 15.2. The third-order valence-electron chi connectivity index (χ3n) is 13.0. The third kappa shape index (κ3) is 6.87. The molecule has 10 aromatic carbocycles. The summed E-state index contributed by atoms with van der Waals surface area (Å²) in [5, 5.41) is 26.5. The molecule has 0 aliphatic rings. The first-order valence-electron chi connectivity index (χ1n) is 21.8. The minimum Gasteiger partial charge on any atom is -0.310 e. The summed E-state index contributed by atoms with van der Waals surface area (Å²) in [6, 6.07) is 65.5. The van der Waals surface area contributed by atoms with E-state index in [1.807, 2.05) is 24.3 Å². The fourth-order valence-electron chi connectivity index (χ4n) is 9.37. The summed E-state index contributed by atoms with van der Waals surface area (Å²) in [5.41, 5.74) is 19.2.